The second kappa shape index (κ2) is 11.1. The van der Waals surface area contributed by atoms with Gasteiger partial charge in [0.1, 0.15) is 4.21 Å². The molecule has 41 heavy (non-hydrogen) atoms. The van der Waals surface area contributed by atoms with Crippen LogP contribution in [0.25, 0.3) is 0 Å². The van der Waals surface area contributed by atoms with Gasteiger partial charge in [0, 0.05) is 4.88 Å². The molecule has 1 heterocycles. The number of thiophene rings is 1. The van der Waals surface area contributed by atoms with Crippen molar-refractivity contribution in [2.45, 2.75) is 121 Å². The van der Waals surface area contributed by atoms with Crippen LogP contribution in [0.4, 0.5) is 4.79 Å². The highest BCUT2D eigenvalue weighted by Gasteiger charge is 2.64. The second-order valence-corrected chi connectivity index (χ2v) is 18.1. The maximum absolute atomic E-state index is 12.8. The van der Waals surface area contributed by atoms with Crippen LogP contribution in [0.15, 0.2) is 16.3 Å². The first-order valence-corrected chi connectivity index (χ1v) is 18.1. The van der Waals surface area contributed by atoms with Gasteiger partial charge in [-0.3, -0.25) is 0 Å². The molecule has 4 aliphatic carbocycles. The van der Waals surface area contributed by atoms with Crippen LogP contribution in [0.5, 0.6) is 0 Å². The van der Waals surface area contributed by atoms with Gasteiger partial charge in [-0.2, -0.15) is 0 Å². The topological polar surface area (TPSA) is 113 Å². The Hall–Kier alpha value is -1.16. The molecule has 0 unspecified atom stereocenters. The first kappa shape index (κ1) is 31.3. The molecule has 1 aromatic rings. The number of fused-ring (bicyclic) bond motifs is 5. The molecule has 7 nitrogen and oxygen atoms in total. The van der Waals surface area contributed by atoms with Gasteiger partial charge >= 0.3 is 6.09 Å². The van der Waals surface area contributed by atoms with Gasteiger partial charge in [-0.05, 0) is 115 Å². The molecule has 1 amide bonds. The van der Waals surface area contributed by atoms with Crippen molar-refractivity contribution in [3.05, 3.63) is 17.0 Å². The highest BCUT2D eigenvalue weighted by Crippen LogP contribution is 2.69. The van der Waals surface area contributed by atoms with E-state index in [9.17, 15) is 23.4 Å². The Morgan fingerprint density at radius 3 is 2.39 bits per heavy atom. The van der Waals surface area contributed by atoms with Crippen molar-refractivity contribution in [3.8, 4) is 0 Å². The number of rotatable bonds is 6. The fourth-order valence-corrected chi connectivity index (χ4v) is 12.1. The highest BCUT2D eigenvalue weighted by atomic mass is 32.2. The van der Waals surface area contributed by atoms with E-state index in [1.807, 2.05) is 20.8 Å². The molecule has 0 spiro atoms. The Morgan fingerprint density at radius 2 is 1.73 bits per heavy atom. The van der Waals surface area contributed by atoms with Gasteiger partial charge in [0.2, 0.25) is 0 Å². The van der Waals surface area contributed by atoms with Gasteiger partial charge in [0.25, 0.3) is 10.0 Å². The van der Waals surface area contributed by atoms with Crippen molar-refractivity contribution in [1.82, 2.24) is 4.72 Å². The summed E-state index contributed by atoms with van der Waals surface area (Å²) in [7, 11) is -3.98. The lowest BCUT2D eigenvalue weighted by atomic mass is 9.41. The molecule has 9 heteroatoms. The molecular formula is C32H51NO6S2. The van der Waals surface area contributed by atoms with E-state index in [1.165, 1.54) is 17.4 Å². The van der Waals surface area contributed by atoms with Gasteiger partial charge in [-0.15, -0.1) is 11.3 Å². The van der Waals surface area contributed by atoms with E-state index in [4.69, 9.17) is 4.74 Å². The van der Waals surface area contributed by atoms with Crippen LogP contribution in [0.2, 0.25) is 0 Å². The lowest BCUT2D eigenvalue weighted by molar-refractivity contribution is -0.202. The SMILES string of the molecule is CC[C@H]1[C@@H](O)[C@@H]2[C@H](CC[C@]3(C)[C@@H](CCOC(=O)NS(=O)(=O)c4ccc(C(C)(C)C)s4)CC[C@@H]23)[C@@]2(C)CC[C@@H](O)C[C@@H]12. The minimum absolute atomic E-state index is 0.0735. The summed E-state index contributed by atoms with van der Waals surface area (Å²) in [5.74, 6) is 2.18. The summed E-state index contributed by atoms with van der Waals surface area (Å²) < 4.78 is 33.1. The number of amides is 1. The van der Waals surface area contributed by atoms with E-state index in [2.05, 4.69) is 25.5 Å². The predicted molar refractivity (Wildman–Crippen MR) is 161 cm³/mol. The maximum atomic E-state index is 12.8. The number of aliphatic hydroxyl groups is 2. The van der Waals surface area contributed by atoms with Gasteiger partial charge in [0.05, 0.1) is 18.8 Å². The molecule has 4 saturated carbocycles. The number of carbonyl (C=O) groups excluding carboxylic acids is 1. The van der Waals surface area contributed by atoms with Crippen molar-refractivity contribution in [2.24, 2.45) is 46.3 Å². The molecule has 0 radical (unpaired) electrons. The monoisotopic (exact) mass is 609 g/mol. The van der Waals surface area contributed by atoms with E-state index < -0.39 is 16.1 Å². The number of sulfonamides is 1. The summed E-state index contributed by atoms with van der Waals surface area (Å²) in [5, 5.41) is 22.3. The summed E-state index contributed by atoms with van der Waals surface area (Å²) in [6.07, 6.45) is 7.20. The molecule has 232 valence electrons. The molecule has 4 aliphatic rings. The largest absolute Gasteiger partial charge is 0.449 e. The van der Waals surface area contributed by atoms with Crippen molar-refractivity contribution in [1.29, 1.82) is 0 Å². The zero-order chi connectivity index (χ0) is 30.0. The van der Waals surface area contributed by atoms with Crippen molar-refractivity contribution in [3.63, 3.8) is 0 Å². The lowest BCUT2D eigenvalue weighted by Crippen LogP contribution is -2.62. The maximum Gasteiger partial charge on any atom is 0.421 e. The summed E-state index contributed by atoms with van der Waals surface area (Å²) in [5.41, 5.74) is 0.0763. The van der Waals surface area contributed by atoms with E-state index in [1.54, 1.807) is 6.07 Å². The Kier molecular flexibility index (Phi) is 8.45. The van der Waals surface area contributed by atoms with Crippen LogP contribution >= 0.6 is 11.3 Å². The molecule has 0 bridgehead atoms. The third-order valence-corrected chi connectivity index (χ3v) is 15.4. The van der Waals surface area contributed by atoms with Crippen molar-refractivity contribution < 1.29 is 28.2 Å². The minimum Gasteiger partial charge on any atom is -0.449 e. The number of carbonyl (C=O) groups is 1. The number of nitrogens with one attached hydrogen (secondary N) is 1. The van der Waals surface area contributed by atoms with E-state index in [0.717, 1.165) is 56.2 Å². The van der Waals surface area contributed by atoms with Crippen LogP contribution in [0.3, 0.4) is 0 Å². The number of ether oxygens (including phenoxy) is 1. The molecule has 0 aliphatic heterocycles. The van der Waals surface area contributed by atoms with Gasteiger partial charge < -0.3 is 14.9 Å². The van der Waals surface area contributed by atoms with Crippen molar-refractivity contribution in [2.75, 3.05) is 6.61 Å². The normalized spacial score (nSPS) is 40.8. The van der Waals surface area contributed by atoms with Gasteiger partial charge in [-0.25, -0.2) is 17.9 Å². The van der Waals surface area contributed by atoms with Gasteiger partial charge in [-0.1, -0.05) is 48.0 Å². The Bertz CT molecular complexity index is 1220. The summed E-state index contributed by atoms with van der Waals surface area (Å²) >= 11 is 1.17. The van der Waals surface area contributed by atoms with E-state index in [-0.39, 0.29) is 51.1 Å². The molecule has 0 saturated heterocycles. The molecule has 1 aromatic heterocycles. The fourth-order valence-electron chi connectivity index (χ4n) is 9.89. The van der Waals surface area contributed by atoms with Crippen LogP contribution < -0.4 is 4.72 Å². The quantitative estimate of drug-likeness (QED) is 0.340. The average Bonchev–Trinajstić information content (AvgIpc) is 3.51. The van der Waals surface area contributed by atoms with Crippen LogP contribution in [0.1, 0.15) is 104 Å². The smallest absolute Gasteiger partial charge is 0.421 e. The lowest BCUT2D eigenvalue weighted by Gasteiger charge is -2.64. The Morgan fingerprint density at radius 1 is 1.05 bits per heavy atom. The summed E-state index contributed by atoms with van der Waals surface area (Å²) in [6, 6.07) is 3.33. The van der Waals surface area contributed by atoms with Crippen LogP contribution in [-0.4, -0.2) is 43.5 Å². The minimum atomic E-state index is -3.98. The average molecular weight is 610 g/mol. The van der Waals surface area contributed by atoms with Crippen LogP contribution in [-0.2, 0) is 20.2 Å². The number of hydrogen-bond donors (Lipinski definition) is 3. The standard InChI is InChI=1S/C32H51NO6S2/c1-7-21-24-18-20(34)12-15-32(24,6)23-13-16-31(5)19(8-9-22(31)27(23)28(21)35)14-17-39-29(36)33-41(37,38)26-11-10-25(40-26)30(2,3)4/h10-11,19-24,27-28,34-35H,7-9,12-18H2,1-6H3,(H,33,36)/t19-,20-,21-,22+,23+,24+,27+,28-,31-,32-/m1/s1. The highest BCUT2D eigenvalue weighted by molar-refractivity contribution is 7.92. The Balaban J connectivity index is 1.21. The number of hydrogen-bond acceptors (Lipinski definition) is 7. The molecule has 4 fully saturated rings. The molecular weight excluding hydrogens is 558 g/mol. The fraction of sp³-hybridized carbons (Fsp3) is 0.844. The second-order valence-electron chi connectivity index (χ2n) is 15.1. The first-order chi connectivity index (χ1) is 19.1. The van der Waals surface area contributed by atoms with Gasteiger partial charge in [0.15, 0.2) is 0 Å². The summed E-state index contributed by atoms with van der Waals surface area (Å²) in [6.45, 7) is 13.3. The zero-order valence-corrected chi connectivity index (χ0v) is 27.3. The third kappa shape index (κ3) is 5.51. The number of aliphatic hydroxyl groups excluding tert-OH is 2. The molecule has 0 aromatic carbocycles. The van der Waals surface area contributed by atoms with E-state index >= 15 is 0 Å². The zero-order valence-electron chi connectivity index (χ0n) is 25.7. The first-order valence-electron chi connectivity index (χ1n) is 15.8. The molecule has 10 atom stereocenters. The third-order valence-electron chi connectivity index (χ3n) is 12.1. The predicted octanol–water partition coefficient (Wildman–Crippen LogP) is 6.48. The molecule has 3 N–H and O–H groups in total. The molecule has 5 rings (SSSR count). The summed E-state index contributed by atoms with van der Waals surface area (Å²) in [4.78, 5) is 13.4. The van der Waals surface area contributed by atoms with Crippen LogP contribution in [0, 0.1) is 46.3 Å². The van der Waals surface area contributed by atoms with Crippen molar-refractivity contribution >= 4 is 27.5 Å². The van der Waals surface area contributed by atoms with E-state index in [0.29, 0.717) is 30.1 Å². The Labute approximate surface area is 250 Å².